The Morgan fingerprint density at radius 3 is 2.87 bits per heavy atom. The maximum Gasteiger partial charge on any atom is 0.274 e. The molecule has 23 heavy (non-hydrogen) atoms. The molecule has 1 unspecified atom stereocenters. The summed E-state index contributed by atoms with van der Waals surface area (Å²) in [5, 5.41) is 8.54. The lowest BCUT2D eigenvalue weighted by atomic mass is 10.1. The highest BCUT2D eigenvalue weighted by Crippen LogP contribution is 2.17. The molecular weight excluding hydrogens is 312 g/mol. The zero-order valence-electron chi connectivity index (χ0n) is 13.2. The summed E-state index contributed by atoms with van der Waals surface area (Å²) >= 11 is 5.88. The molecule has 0 aliphatic carbocycles. The topological polar surface area (TPSA) is 50.2 Å². The number of piperidine rings is 1. The van der Waals surface area contributed by atoms with Crippen LogP contribution in [-0.2, 0) is 6.54 Å². The molecule has 6 heteroatoms. The first-order chi connectivity index (χ1) is 11.1. The Morgan fingerprint density at radius 1 is 1.39 bits per heavy atom. The first kappa shape index (κ1) is 16.0. The number of benzene rings is 1. The van der Waals surface area contributed by atoms with Crippen LogP contribution in [0.2, 0.25) is 5.02 Å². The normalized spacial score (nSPS) is 17.9. The van der Waals surface area contributed by atoms with Crippen LogP contribution >= 0.6 is 11.6 Å². The quantitative estimate of drug-likeness (QED) is 0.936. The molecule has 1 aromatic heterocycles. The minimum atomic E-state index is -0.0672. The molecule has 1 saturated heterocycles. The van der Waals surface area contributed by atoms with Crippen LogP contribution in [0.3, 0.4) is 0 Å². The summed E-state index contributed by atoms with van der Waals surface area (Å²) in [7, 11) is 1.79. The van der Waals surface area contributed by atoms with Crippen molar-refractivity contribution in [1.82, 2.24) is 20.0 Å². The van der Waals surface area contributed by atoms with Crippen molar-refractivity contribution >= 4 is 17.5 Å². The largest absolute Gasteiger partial charge is 0.336 e. The molecule has 1 aromatic carbocycles. The molecule has 0 radical (unpaired) electrons. The van der Waals surface area contributed by atoms with Gasteiger partial charge in [-0.3, -0.25) is 9.48 Å². The lowest BCUT2D eigenvalue weighted by Gasteiger charge is -2.23. The molecule has 5 nitrogen and oxygen atoms in total. The van der Waals surface area contributed by atoms with Crippen molar-refractivity contribution in [2.45, 2.75) is 25.4 Å². The molecule has 1 fully saturated rings. The highest BCUT2D eigenvalue weighted by molar-refractivity contribution is 6.30. The zero-order valence-corrected chi connectivity index (χ0v) is 14.0. The third-order valence-electron chi connectivity index (χ3n) is 4.15. The van der Waals surface area contributed by atoms with E-state index < -0.39 is 0 Å². The number of carbonyl (C=O) groups is 1. The van der Waals surface area contributed by atoms with Gasteiger partial charge in [-0.05, 0) is 43.1 Å². The maximum absolute atomic E-state index is 12.5. The van der Waals surface area contributed by atoms with E-state index in [1.807, 2.05) is 35.1 Å². The lowest BCUT2D eigenvalue weighted by molar-refractivity contribution is 0.0778. The van der Waals surface area contributed by atoms with Crippen LogP contribution in [0.15, 0.2) is 36.5 Å². The van der Waals surface area contributed by atoms with Gasteiger partial charge in [-0.15, -0.1) is 0 Å². The van der Waals surface area contributed by atoms with Gasteiger partial charge in [-0.1, -0.05) is 23.7 Å². The van der Waals surface area contributed by atoms with Gasteiger partial charge in [0.2, 0.25) is 0 Å². The van der Waals surface area contributed by atoms with E-state index >= 15 is 0 Å². The van der Waals surface area contributed by atoms with E-state index in [4.69, 9.17) is 11.6 Å². The summed E-state index contributed by atoms with van der Waals surface area (Å²) in [4.78, 5) is 14.2. The highest BCUT2D eigenvalue weighted by Gasteiger charge is 2.19. The van der Waals surface area contributed by atoms with Crippen molar-refractivity contribution in [3.8, 4) is 0 Å². The third-order valence-corrected chi connectivity index (χ3v) is 4.40. The highest BCUT2D eigenvalue weighted by atomic mass is 35.5. The van der Waals surface area contributed by atoms with Gasteiger partial charge in [0, 0.05) is 31.4 Å². The zero-order chi connectivity index (χ0) is 16.2. The number of nitrogens with one attached hydrogen (secondary N) is 1. The summed E-state index contributed by atoms with van der Waals surface area (Å²) in [6, 6.07) is 9.67. The van der Waals surface area contributed by atoms with Crippen LogP contribution in [0.1, 0.15) is 34.9 Å². The van der Waals surface area contributed by atoms with Gasteiger partial charge in [-0.25, -0.2) is 0 Å². The summed E-state index contributed by atoms with van der Waals surface area (Å²) in [5.74, 6) is -0.0672. The molecule has 0 spiro atoms. The lowest BCUT2D eigenvalue weighted by Crippen LogP contribution is -2.32. The fourth-order valence-corrected chi connectivity index (χ4v) is 2.97. The minimum Gasteiger partial charge on any atom is -0.336 e. The second kappa shape index (κ2) is 7.15. The van der Waals surface area contributed by atoms with Gasteiger partial charge in [0.1, 0.15) is 5.69 Å². The number of halogens is 1. The van der Waals surface area contributed by atoms with E-state index in [0.717, 1.165) is 31.5 Å². The predicted octanol–water partition coefficient (Wildman–Crippen LogP) is 2.73. The van der Waals surface area contributed by atoms with Crippen molar-refractivity contribution in [3.05, 3.63) is 52.8 Å². The Bertz CT molecular complexity index is 661. The standard InChI is InChI=1S/C17H21ClN4O/c1-21(12-13-4-6-14(18)7-5-13)17(23)16-8-10-22(20-16)15-3-2-9-19-11-15/h4-8,10,15,19H,2-3,9,11-12H2,1H3. The van der Waals surface area contributed by atoms with Crippen molar-refractivity contribution in [1.29, 1.82) is 0 Å². The Hall–Kier alpha value is -1.85. The van der Waals surface area contributed by atoms with Crippen molar-refractivity contribution in [2.24, 2.45) is 0 Å². The van der Waals surface area contributed by atoms with Crippen LogP contribution in [0.5, 0.6) is 0 Å². The average molecular weight is 333 g/mol. The average Bonchev–Trinajstić information content (AvgIpc) is 3.07. The Kier molecular flexibility index (Phi) is 4.98. The SMILES string of the molecule is CN(Cc1ccc(Cl)cc1)C(=O)c1ccn(C2CCCNC2)n1. The number of carbonyl (C=O) groups excluding carboxylic acids is 1. The van der Waals surface area contributed by atoms with Crippen LogP contribution in [0.25, 0.3) is 0 Å². The number of aromatic nitrogens is 2. The molecule has 0 saturated carbocycles. The Balaban J connectivity index is 1.65. The fourth-order valence-electron chi connectivity index (χ4n) is 2.85. The van der Waals surface area contributed by atoms with Gasteiger partial charge in [0.15, 0.2) is 0 Å². The molecule has 2 heterocycles. The van der Waals surface area contributed by atoms with Gasteiger partial charge < -0.3 is 10.2 Å². The van der Waals surface area contributed by atoms with E-state index in [0.29, 0.717) is 23.3 Å². The maximum atomic E-state index is 12.5. The van der Waals surface area contributed by atoms with E-state index in [-0.39, 0.29) is 5.91 Å². The third kappa shape index (κ3) is 3.92. The van der Waals surface area contributed by atoms with Gasteiger partial charge in [0.05, 0.1) is 6.04 Å². The number of hydrogen-bond donors (Lipinski definition) is 1. The molecular formula is C17H21ClN4O. The first-order valence-electron chi connectivity index (χ1n) is 7.89. The summed E-state index contributed by atoms with van der Waals surface area (Å²) in [5.41, 5.74) is 1.54. The summed E-state index contributed by atoms with van der Waals surface area (Å²) in [6.45, 7) is 2.51. The van der Waals surface area contributed by atoms with Crippen LogP contribution in [0.4, 0.5) is 0 Å². The number of hydrogen-bond acceptors (Lipinski definition) is 3. The molecule has 1 N–H and O–H groups in total. The summed E-state index contributed by atoms with van der Waals surface area (Å²) < 4.78 is 1.91. The predicted molar refractivity (Wildman–Crippen MR) is 90.6 cm³/mol. The second-order valence-electron chi connectivity index (χ2n) is 5.97. The van der Waals surface area contributed by atoms with Crippen molar-refractivity contribution < 1.29 is 4.79 Å². The van der Waals surface area contributed by atoms with Crippen LogP contribution < -0.4 is 5.32 Å². The minimum absolute atomic E-state index is 0.0672. The molecule has 0 bridgehead atoms. The van der Waals surface area contributed by atoms with Crippen molar-refractivity contribution in [2.75, 3.05) is 20.1 Å². The Labute approximate surface area is 141 Å². The first-order valence-corrected chi connectivity index (χ1v) is 8.27. The molecule has 1 atom stereocenters. The van der Waals surface area contributed by atoms with E-state index in [9.17, 15) is 4.79 Å². The van der Waals surface area contributed by atoms with Gasteiger partial charge in [-0.2, -0.15) is 5.10 Å². The van der Waals surface area contributed by atoms with E-state index in [1.165, 1.54) is 0 Å². The number of nitrogens with zero attached hydrogens (tertiary/aromatic N) is 3. The van der Waals surface area contributed by atoms with Crippen molar-refractivity contribution in [3.63, 3.8) is 0 Å². The molecule has 1 aliphatic rings. The molecule has 2 aromatic rings. The monoisotopic (exact) mass is 332 g/mol. The van der Waals surface area contributed by atoms with Gasteiger partial charge in [0.25, 0.3) is 5.91 Å². The molecule has 1 aliphatic heterocycles. The molecule has 3 rings (SSSR count). The number of rotatable bonds is 4. The van der Waals surface area contributed by atoms with Gasteiger partial charge >= 0.3 is 0 Å². The Morgan fingerprint density at radius 2 is 2.17 bits per heavy atom. The van der Waals surface area contributed by atoms with E-state index in [2.05, 4.69) is 10.4 Å². The van der Waals surface area contributed by atoms with E-state index in [1.54, 1.807) is 18.0 Å². The second-order valence-corrected chi connectivity index (χ2v) is 6.41. The summed E-state index contributed by atoms with van der Waals surface area (Å²) in [6.07, 6.45) is 4.15. The van der Waals surface area contributed by atoms with Crippen LogP contribution in [-0.4, -0.2) is 40.7 Å². The fraction of sp³-hybridized carbons (Fsp3) is 0.412. The number of amides is 1. The van der Waals surface area contributed by atoms with Crippen LogP contribution in [0, 0.1) is 0 Å². The molecule has 122 valence electrons. The smallest absolute Gasteiger partial charge is 0.274 e. The molecule has 1 amide bonds.